The third-order valence-corrected chi connectivity index (χ3v) is 4.01. The van der Waals surface area contributed by atoms with E-state index in [0.29, 0.717) is 33.3 Å². The lowest BCUT2D eigenvalue weighted by molar-refractivity contribution is 0.102. The summed E-state index contributed by atoms with van der Waals surface area (Å²) in [5.74, 6) is 0.364. The summed E-state index contributed by atoms with van der Waals surface area (Å²) in [5.41, 5.74) is 3.54. The maximum Gasteiger partial charge on any atom is 0.255 e. The predicted molar refractivity (Wildman–Crippen MR) is 98.9 cm³/mol. The molecule has 0 aliphatic carbocycles. The molecule has 1 N–H and O–H groups in total. The fraction of sp³-hybridized carbons (Fsp3) is 0. The minimum atomic E-state index is -0.148. The van der Waals surface area contributed by atoms with Gasteiger partial charge in [0.1, 0.15) is 5.52 Å². The third kappa shape index (κ3) is 3.25. The topological polar surface area (TPSA) is 55.1 Å². The summed E-state index contributed by atoms with van der Waals surface area (Å²) < 4.78 is 5.74. The number of anilines is 1. The summed E-state index contributed by atoms with van der Waals surface area (Å²) in [4.78, 5) is 16.6. The predicted octanol–water partition coefficient (Wildman–Crippen LogP) is 5.40. The number of fused-ring (bicyclic) bond motifs is 1. The van der Waals surface area contributed by atoms with E-state index < -0.39 is 0 Å². The van der Waals surface area contributed by atoms with Gasteiger partial charge >= 0.3 is 0 Å². The monoisotopic (exact) mass is 348 g/mol. The van der Waals surface area contributed by atoms with E-state index in [1.165, 1.54) is 0 Å². The first kappa shape index (κ1) is 15.4. The van der Waals surface area contributed by atoms with Gasteiger partial charge in [-0.25, -0.2) is 4.98 Å². The molecule has 1 aromatic heterocycles. The van der Waals surface area contributed by atoms with Crippen molar-refractivity contribution in [2.45, 2.75) is 0 Å². The number of carbonyl (C=O) groups excluding carboxylic acids is 1. The maximum atomic E-state index is 12.2. The summed E-state index contributed by atoms with van der Waals surface area (Å²) in [7, 11) is 0. The van der Waals surface area contributed by atoms with E-state index in [1.807, 2.05) is 42.5 Å². The zero-order chi connectivity index (χ0) is 17.2. The van der Waals surface area contributed by atoms with Gasteiger partial charge < -0.3 is 9.73 Å². The maximum absolute atomic E-state index is 12.2. The Balaban J connectivity index is 1.56. The third-order valence-electron chi connectivity index (χ3n) is 3.78. The van der Waals surface area contributed by atoms with Crippen molar-refractivity contribution in [3.8, 4) is 11.5 Å². The van der Waals surface area contributed by atoms with E-state index in [4.69, 9.17) is 16.0 Å². The number of halogens is 1. The Morgan fingerprint density at radius 1 is 0.960 bits per heavy atom. The fourth-order valence-corrected chi connectivity index (χ4v) is 2.68. The highest BCUT2D eigenvalue weighted by Crippen LogP contribution is 2.27. The average molecular weight is 349 g/mol. The van der Waals surface area contributed by atoms with Gasteiger partial charge in [-0.05, 0) is 54.6 Å². The van der Waals surface area contributed by atoms with E-state index in [-0.39, 0.29) is 5.91 Å². The van der Waals surface area contributed by atoms with Crippen LogP contribution in [0.2, 0.25) is 5.02 Å². The molecular formula is C20H13ClN2O2. The Kier molecular flexibility index (Phi) is 3.96. The van der Waals surface area contributed by atoms with Crippen molar-refractivity contribution in [3.63, 3.8) is 0 Å². The number of rotatable bonds is 3. The van der Waals surface area contributed by atoms with E-state index in [2.05, 4.69) is 10.3 Å². The lowest BCUT2D eigenvalue weighted by Gasteiger charge is -2.05. The molecule has 4 nitrogen and oxygen atoms in total. The van der Waals surface area contributed by atoms with Crippen LogP contribution in [0.15, 0.2) is 77.2 Å². The molecule has 0 saturated heterocycles. The number of carbonyl (C=O) groups is 1. The number of hydrogen-bond donors (Lipinski definition) is 1. The van der Waals surface area contributed by atoms with Gasteiger partial charge in [0, 0.05) is 21.8 Å². The Hall–Kier alpha value is -3.11. The minimum absolute atomic E-state index is 0.148. The first-order valence-electron chi connectivity index (χ1n) is 7.72. The molecule has 0 aliphatic rings. The van der Waals surface area contributed by atoms with Gasteiger partial charge in [0.15, 0.2) is 5.58 Å². The number of nitrogens with one attached hydrogen (secondary N) is 1. The van der Waals surface area contributed by atoms with Crippen molar-refractivity contribution in [2.24, 2.45) is 0 Å². The number of aromatic nitrogens is 1. The van der Waals surface area contributed by atoms with Crippen LogP contribution in [0.1, 0.15) is 10.4 Å². The molecule has 25 heavy (non-hydrogen) atoms. The molecule has 3 aromatic carbocycles. The molecule has 0 fully saturated rings. The van der Waals surface area contributed by atoms with E-state index in [9.17, 15) is 4.79 Å². The molecule has 0 radical (unpaired) electrons. The van der Waals surface area contributed by atoms with Crippen LogP contribution in [-0.4, -0.2) is 10.9 Å². The fourth-order valence-electron chi connectivity index (χ4n) is 2.51. The SMILES string of the molecule is O=C(Nc1ccc(-c2nc3cc(Cl)ccc3o2)cc1)c1ccccc1. The molecule has 0 saturated carbocycles. The summed E-state index contributed by atoms with van der Waals surface area (Å²) in [6.07, 6.45) is 0. The summed E-state index contributed by atoms with van der Waals surface area (Å²) in [6, 6.07) is 21.7. The van der Waals surface area contributed by atoms with Gasteiger partial charge in [-0.1, -0.05) is 29.8 Å². The second-order valence-electron chi connectivity index (χ2n) is 5.53. The van der Waals surface area contributed by atoms with Crippen LogP contribution in [0.4, 0.5) is 5.69 Å². The molecule has 1 amide bonds. The largest absolute Gasteiger partial charge is 0.436 e. The standard InChI is InChI=1S/C20H13ClN2O2/c21-15-8-11-18-17(12-15)23-20(25-18)14-6-9-16(10-7-14)22-19(24)13-4-2-1-3-5-13/h1-12H,(H,22,24). The normalized spacial score (nSPS) is 10.8. The Bertz CT molecular complexity index is 1040. The molecule has 0 aliphatic heterocycles. The highest BCUT2D eigenvalue weighted by atomic mass is 35.5. The molecule has 4 rings (SSSR count). The Labute approximate surface area is 149 Å². The second kappa shape index (κ2) is 6.42. The minimum Gasteiger partial charge on any atom is -0.436 e. The van der Waals surface area contributed by atoms with Crippen LogP contribution in [0.25, 0.3) is 22.6 Å². The van der Waals surface area contributed by atoms with Crippen LogP contribution < -0.4 is 5.32 Å². The molecule has 0 atom stereocenters. The number of benzene rings is 3. The lowest BCUT2D eigenvalue weighted by Crippen LogP contribution is -2.11. The molecule has 0 unspecified atom stereocenters. The Morgan fingerprint density at radius 2 is 1.72 bits per heavy atom. The average Bonchev–Trinajstić information content (AvgIpc) is 3.06. The molecule has 122 valence electrons. The van der Waals surface area contributed by atoms with Gasteiger partial charge in [-0.3, -0.25) is 4.79 Å². The van der Waals surface area contributed by atoms with Crippen LogP contribution >= 0.6 is 11.6 Å². The highest BCUT2D eigenvalue weighted by molar-refractivity contribution is 6.31. The second-order valence-corrected chi connectivity index (χ2v) is 5.97. The smallest absolute Gasteiger partial charge is 0.255 e. The molecule has 0 spiro atoms. The van der Waals surface area contributed by atoms with Crippen molar-refractivity contribution in [1.82, 2.24) is 4.98 Å². The van der Waals surface area contributed by atoms with Crippen molar-refractivity contribution >= 4 is 34.3 Å². The number of hydrogen-bond acceptors (Lipinski definition) is 3. The van der Waals surface area contributed by atoms with Crippen LogP contribution in [0.5, 0.6) is 0 Å². The van der Waals surface area contributed by atoms with Gasteiger partial charge in [-0.2, -0.15) is 0 Å². The van der Waals surface area contributed by atoms with Gasteiger partial charge in [-0.15, -0.1) is 0 Å². The quantitative estimate of drug-likeness (QED) is 0.539. The van der Waals surface area contributed by atoms with Crippen molar-refractivity contribution in [2.75, 3.05) is 5.32 Å². The van der Waals surface area contributed by atoms with Crippen LogP contribution in [0, 0.1) is 0 Å². The van der Waals surface area contributed by atoms with E-state index in [0.717, 1.165) is 5.56 Å². The van der Waals surface area contributed by atoms with Crippen LogP contribution in [-0.2, 0) is 0 Å². The number of amides is 1. The zero-order valence-electron chi connectivity index (χ0n) is 13.1. The van der Waals surface area contributed by atoms with Gasteiger partial charge in [0.05, 0.1) is 0 Å². The summed E-state index contributed by atoms with van der Waals surface area (Å²) >= 11 is 5.97. The molecule has 5 heteroatoms. The molecule has 0 bridgehead atoms. The van der Waals surface area contributed by atoms with Crippen LogP contribution in [0.3, 0.4) is 0 Å². The first-order chi connectivity index (χ1) is 12.2. The molecular weight excluding hydrogens is 336 g/mol. The molecule has 4 aromatic rings. The van der Waals surface area contributed by atoms with Gasteiger partial charge in [0.2, 0.25) is 5.89 Å². The van der Waals surface area contributed by atoms with Crippen molar-refractivity contribution in [1.29, 1.82) is 0 Å². The highest BCUT2D eigenvalue weighted by Gasteiger charge is 2.10. The number of oxazole rings is 1. The molecule has 1 heterocycles. The summed E-state index contributed by atoms with van der Waals surface area (Å²) in [5, 5.41) is 3.48. The van der Waals surface area contributed by atoms with Crippen molar-refractivity contribution < 1.29 is 9.21 Å². The zero-order valence-corrected chi connectivity index (χ0v) is 13.8. The number of nitrogens with zero attached hydrogens (tertiary/aromatic N) is 1. The van der Waals surface area contributed by atoms with Crippen molar-refractivity contribution in [3.05, 3.63) is 83.4 Å². The van der Waals surface area contributed by atoms with E-state index >= 15 is 0 Å². The first-order valence-corrected chi connectivity index (χ1v) is 8.10. The van der Waals surface area contributed by atoms with E-state index in [1.54, 1.807) is 30.3 Å². The lowest BCUT2D eigenvalue weighted by atomic mass is 10.2. The Morgan fingerprint density at radius 3 is 2.48 bits per heavy atom. The summed E-state index contributed by atoms with van der Waals surface area (Å²) in [6.45, 7) is 0. The van der Waals surface area contributed by atoms with Gasteiger partial charge in [0.25, 0.3) is 5.91 Å².